The van der Waals surface area contributed by atoms with Crippen molar-refractivity contribution in [3.05, 3.63) is 59.7 Å². The number of ether oxygens (including phenoxy) is 1. The molecule has 2 aromatic rings. The van der Waals surface area contributed by atoms with Crippen LogP contribution in [0.1, 0.15) is 11.1 Å². The third kappa shape index (κ3) is 3.25. The van der Waals surface area contributed by atoms with Crippen molar-refractivity contribution in [2.75, 3.05) is 37.7 Å². The summed E-state index contributed by atoms with van der Waals surface area (Å²) in [6.07, 6.45) is 0.713. The summed E-state index contributed by atoms with van der Waals surface area (Å²) in [5.74, 6) is 0.919. The molecule has 0 saturated heterocycles. The average Bonchev–Trinajstić information content (AvgIpc) is 2.62. The molecule has 1 unspecified atom stereocenters. The molecule has 0 bridgehead atoms. The van der Waals surface area contributed by atoms with Crippen molar-refractivity contribution in [1.29, 1.82) is 0 Å². The monoisotopic (exact) mass is 324 g/mol. The van der Waals surface area contributed by atoms with Gasteiger partial charge in [-0.05, 0) is 29.7 Å². The lowest BCUT2D eigenvalue weighted by atomic mass is 10.00. The third-order valence-electron chi connectivity index (χ3n) is 4.93. The number of rotatable bonds is 4. The molecule has 1 N–H and O–H groups in total. The highest BCUT2D eigenvalue weighted by Crippen LogP contribution is 2.31. The van der Waals surface area contributed by atoms with Gasteiger partial charge in [0.15, 0.2) is 0 Å². The van der Waals surface area contributed by atoms with Crippen molar-refractivity contribution < 1.29 is 9.84 Å². The van der Waals surface area contributed by atoms with E-state index < -0.39 is 0 Å². The number of fused-ring (bicyclic) bond motifs is 2. The minimum Gasteiger partial charge on any atom is -0.490 e. The van der Waals surface area contributed by atoms with Crippen molar-refractivity contribution in [3.8, 4) is 5.75 Å². The molecule has 2 aromatic carbocycles. The highest BCUT2D eigenvalue weighted by atomic mass is 16.5. The molecule has 0 aliphatic carbocycles. The molecule has 0 aromatic heterocycles. The Morgan fingerprint density at radius 2 is 1.75 bits per heavy atom. The molecule has 0 saturated carbocycles. The topological polar surface area (TPSA) is 35.9 Å². The van der Waals surface area contributed by atoms with Gasteiger partial charge in [0.05, 0.1) is 18.3 Å². The maximum Gasteiger partial charge on any atom is 0.142 e. The minimum absolute atomic E-state index is 0.360. The van der Waals surface area contributed by atoms with Crippen LogP contribution in [0.2, 0.25) is 0 Å². The first-order valence-corrected chi connectivity index (χ1v) is 8.73. The lowest BCUT2D eigenvalue weighted by molar-refractivity contribution is 0.108. The molecule has 4 heteroatoms. The fourth-order valence-corrected chi connectivity index (χ4v) is 3.74. The lowest BCUT2D eigenvalue weighted by Crippen LogP contribution is -2.44. The Labute approximate surface area is 143 Å². The van der Waals surface area contributed by atoms with E-state index >= 15 is 0 Å². The van der Waals surface area contributed by atoms with Gasteiger partial charge in [0.25, 0.3) is 0 Å². The second kappa shape index (κ2) is 6.83. The van der Waals surface area contributed by atoms with Gasteiger partial charge in [-0.2, -0.15) is 0 Å². The predicted molar refractivity (Wildman–Crippen MR) is 95.6 cm³/mol. The van der Waals surface area contributed by atoms with Gasteiger partial charge in [-0.15, -0.1) is 0 Å². The van der Waals surface area contributed by atoms with Gasteiger partial charge in [-0.1, -0.05) is 36.4 Å². The van der Waals surface area contributed by atoms with E-state index in [0.717, 1.165) is 37.5 Å². The summed E-state index contributed by atoms with van der Waals surface area (Å²) in [5.41, 5.74) is 3.94. The summed E-state index contributed by atoms with van der Waals surface area (Å²) in [6, 6.07) is 16.7. The first-order valence-electron chi connectivity index (χ1n) is 8.73. The molecule has 4 rings (SSSR count). The van der Waals surface area contributed by atoms with Crippen LogP contribution in [-0.2, 0) is 13.0 Å². The molecule has 0 fully saturated rings. The summed E-state index contributed by atoms with van der Waals surface area (Å²) < 4.78 is 5.69. The van der Waals surface area contributed by atoms with Gasteiger partial charge in [0.2, 0.25) is 0 Å². The van der Waals surface area contributed by atoms with Gasteiger partial charge in [0, 0.05) is 26.2 Å². The number of aliphatic hydroxyl groups excluding tert-OH is 1. The molecular formula is C20H24N2O2. The first-order chi connectivity index (χ1) is 11.8. The quantitative estimate of drug-likeness (QED) is 0.936. The molecule has 2 aliphatic rings. The number of hydrogen-bond donors (Lipinski definition) is 1. The third-order valence-corrected chi connectivity index (χ3v) is 4.93. The van der Waals surface area contributed by atoms with E-state index in [2.05, 4.69) is 40.1 Å². The summed E-state index contributed by atoms with van der Waals surface area (Å²) in [4.78, 5) is 4.60. The van der Waals surface area contributed by atoms with E-state index in [1.54, 1.807) is 0 Å². The highest BCUT2D eigenvalue weighted by molar-refractivity contribution is 5.59. The molecule has 0 amide bonds. The lowest BCUT2D eigenvalue weighted by Gasteiger charge is -2.35. The van der Waals surface area contributed by atoms with Crippen LogP contribution in [0.3, 0.4) is 0 Å². The fourth-order valence-electron chi connectivity index (χ4n) is 3.74. The normalized spacial score (nSPS) is 18.5. The summed E-state index contributed by atoms with van der Waals surface area (Å²) in [6.45, 7) is 4.84. The van der Waals surface area contributed by atoms with Crippen LogP contribution in [0.25, 0.3) is 0 Å². The Hall–Kier alpha value is -2.04. The molecule has 24 heavy (non-hydrogen) atoms. The van der Waals surface area contributed by atoms with Crippen molar-refractivity contribution >= 4 is 5.69 Å². The second-order valence-electron chi connectivity index (χ2n) is 6.67. The van der Waals surface area contributed by atoms with Gasteiger partial charge in [0.1, 0.15) is 12.4 Å². The van der Waals surface area contributed by atoms with Crippen LogP contribution < -0.4 is 9.64 Å². The smallest absolute Gasteiger partial charge is 0.142 e. The van der Waals surface area contributed by atoms with Crippen molar-refractivity contribution in [2.24, 2.45) is 0 Å². The largest absolute Gasteiger partial charge is 0.490 e. The van der Waals surface area contributed by atoms with Gasteiger partial charge < -0.3 is 14.7 Å². The minimum atomic E-state index is -0.360. The SMILES string of the molecule is OC(CN1CCc2ccccc2C1)CN1CCOc2ccccc21. The van der Waals surface area contributed by atoms with Gasteiger partial charge in [-0.25, -0.2) is 0 Å². The highest BCUT2D eigenvalue weighted by Gasteiger charge is 2.23. The maximum absolute atomic E-state index is 10.6. The number of β-amino-alcohol motifs (C(OH)–C–C–N with tert-alkyl or cyclic N) is 1. The zero-order chi connectivity index (χ0) is 16.4. The van der Waals surface area contributed by atoms with Crippen molar-refractivity contribution in [1.82, 2.24) is 4.90 Å². The number of para-hydroxylation sites is 2. The zero-order valence-corrected chi connectivity index (χ0v) is 13.9. The molecule has 126 valence electrons. The molecule has 0 radical (unpaired) electrons. The molecule has 1 atom stereocenters. The van der Waals surface area contributed by atoms with Crippen LogP contribution in [0, 0.1) is 0 Å². The predicted octanol–water partition coefficient (Wildman–Crippen LogP) is 2.30. The Morgan fingerprint density at radius 3 is 2.67 bits per heavy atom. The summed E-state index contributed by atoms with van der Waals surface area (Å²) in [7, 11) is 0. The molecule has 2 aliphatic heterocycles. The number of nitrogens with zero attached hydrogens (tertiary/aromatic N) is 2. The second-order valence-corrected chi connectivity index (χ2v) is 6.67. The Bertz CT molecular complexity index is 704. The number of anilines is 1. The van der Waals surface area contributed by atoms with Crippen LogP contribution in [0.4, 0.5) is 5.69 Å². The molecule has 2 heterocycles. The Kier molecular flexibility index (Phi) is 4.41. The maximum atomic E-state index is 10.6. The number of benzene rings is 2. The van der Waals surface area contributed by atoms with Crippen molar-refractivity contribution in [2.45, 2.75) is 19.1 Å². The summed E-state index contributed by atoms with van der Waals surface area (Å²) in [5, 5.41) is 10.6. The Morgan fingerprint density at radius 1 is 0.958 bits per heavy atom. The standard InChI is InChI=1S/C20H24N2O2/c23-18(14-21-10-9-16-5-1-2-6-17(16)13-21)15-22-11-12-24-20-8-4-3-7-19(20)22/h1-8,18,23H,9-15H2. The first kappa shape index (κ1) is 15.5. The zero-order valence-electron chi connectivity index (χ0n) is 13.9. The number of aliphatic hydroxyl groups is 1. The van der Waals surface area contributed by atoms with Crippen molar-refractivity contribution in [3.63, 3.8) is 0 Å². The van der Waals surface area contributed by atoms with Crippen LogP contribution in [-0.4, -0.2) is 48.9 Å². The molecule has 0 spiro atoms. The van der Waals surface area contributed by atoms with E-state index in [1.165, 1.54) is 11.1 Å². The molecular weight excluding hydrogens is 300 g/mol. The van der Waals surface area contributed by atoms with Gasteiger partial charge >= 0.3 is 0 Å². The average molecular weight is 324 g/mol. The van der Waals surface area contributed by atoms with E-state index in [9.17, 15) is 5.11 Å². The van der Waals surface area contributed by atoms with E-state index in [4.69, 9.17) is 4.74 Å². The van der Waals surface area contributed by atoms with Crippen LogP contribution in [0.15, 0.2) is 48.5 Å². The molecule has 4 nitrogen and oxygen atoms in total. The fraction of sp³-hybridized carbons (Fsp3) is 0.400. The van der Waals surface area contributed by atoms with Crippen LogP contribution in [0.5, 0.6) is 5.75 Å². The van der Waals surface area contributed by atoms with E-state index in [0.29, 0.717) is 19.7 Å². The van der Waals surface area contributed by atoms with E-state index in [-0.39, 0.29) is 6.10 Å². The Balaban J connectivity index is 1.37. The number of hydrogen-bond acceptors (Lipinski definition) is 4. The van der Waals surface area contributed by atoms with E-state index in [1.807, 2.05) is 18.2 Å². The van der Waals surface area contributed by atoms with Crippen LogP contribution >= 0.6 is 0 Å². The summed E-state index contributed by atoms with van der Waals surface area (Å²) >= 11 is 0. The van der Waals surface area contributed by atoms with Gasteiger partial charge in [-0.3, -0.25) is 4.90 Å².